The molecule has 10 heteroatoms. The number of nitrogens with zero attached hydrogens (tertiary/aromatic N) is 2. The molecule has 0 spiro atoms. The summed E-state index contributed by atoms with van der Waals surface area (Å²) in [5, 5.41) is 23.3. The van der Waals surface area contributed by atoms with Crippen molar-refractivity contribution in [3.8, 4) is 17.6 Å². The number of anilines is 1. The highest BCUT2D eigenvalue weighted by Crippen LogP contribution is 2.36. The van der Waals surface area contributed by atoms with E-state index < -0.39 is 10.8 Å². The molecule has 0 aromatic heterocycles. The highest BCUT2D eigenvalue weighted by atomic mass is 79.9. The molecule has 34 heavy (non-hydrogen) atoms. The Labute approximate surface area is 208 Å². The molecule has 1 amide bonds. The Morgan fingerprint density at radius 2 is 1.97 bits per heavy atom. The van der Waals surface area contributed by atoms with E-state index in [1.54, 1.807) is 48.5 Å². The van der Waals surface area contributed by atoms with Gasteiger partial charge in [0.2, 0.25) is 0 Å². The van der Waals surface area contributed by atoms with Crippen LogP contribution in [-0.4, -0.2) is 17.9 Å². The maximum Gasteiger partial charge on any atom is 0.269 e. The van der Waals surface area contributed by atoms with Gasteiger partial charge in [-0.05, 0) is 69.5 Å². The van der Waals surface area contributed by atoms with Gasteiger partial charge >= 0.3 is 0 Å². The number of hydrogen-bond acceptors (Lipinski definition) is 6. The first-order chi connectivity index (χ1) is 16.3. The lowest BCUT2D eigenvalue weighted by molar-refractivity contribution is -0.384. The molecule has 0 aliphatic carbocycles. The number of nitriles is 1. The number of nitro groups is 1. The number of nitro benzene ring substituents is 1. The second-order valence-electron chi connectivity index (χ2n) is 6.88. The molecule has 8 nitrogen and oxygen atoms in total. The smallest absolute Gasteiger partial charge is 0.269 e. The summed E-state index contributed by atoms with van der Waals surface area (Å²) in [6.45, 7) is 0.0584. The maximum absolute atomic E-state index is 12.5. The van der Waals surface area contributed by atoms with Gasteiger partial charge in [0.05, 0.1) is 21.5 Å². The van der Waals surface area contributed by atoms with Crippen LogP contribution in [0.4, 0.5) is 11.4 Å². The topological polar surface area (TPSA) is 114 Å². The highest BCUT2D eigenvalue weighted by Gasteiger charge is 2.14. The molecule has 0 bridgehead atoms. The number of ether oxygens (including phenoxy) is 2. The first-order valence-electron chi connectivity index (χ1n) is 9.73. The largest absolute Gasteiger partial charge is 0.497 e. The van der Waals surface area contributed by atoms with Gasteiger partial charge in [-0.15, -0.1) is 0 Å². The van der Waals surface area contributed by atoms with Crippen molar-refractivity contribution < 1.29 is 19.2 Å². The number of nitrogens with one attached hydrogen (secondary N) is 1. The number of halogens is 2. The van der Waals surface area contributed by atoms with Gasteiger partial charge in [-0.3, -0.25) is 14.9 Å². The van der Waals surface area contributed by atoms with Crippen LogP contribution in [0.3, 0.4) is 0 Å². The fraction of sp³-hybridized carbons (Fsp3) is 0.0833. The lowest BCUT2D eigenvalue weighted by atomic mass is 10.1. The van der Waals surface area contributed by atoms with Crippen molar-refractivity contribution in [3.05, 3.63) is 97.0 Å². The number of carbonyl (C=O) groups is 1. The van der Waals surface area contributed by atoms with Gasteiger partial charge in [-0.1, -0.05) is 23.7 Å². The fourth-order valence-electron chi connectivity index (χ4n) is 2.90. The Kier molecular flexibility index (Phi) is 8.24. The summed E-state index contributed by atoms with van der Waals surface area (Å²) >= 11 is 9.74. The maximum atomic E-state index is 12.5. The fourth-order valence-corrected chi connectivity index (χ4v) is 3.89. The van der Waals surface area contributed by atoms with E-state index in [2.05, 4.69) is 21.2 Å². The van der Waals surface area contributed by atoms with Crippen molar-refractivity contribution in [1.29, 1.82) is 5.26 Å². The van der Waals surface area contributed by atoms with E-state index in [1.165, 1.54) is 25.3 Å². The molecule has 0 aliphatic rings. The minimum Gasteiger partial charge on any atom is -0.497 e. The predicted octanol–water partition coefficient (Wildman–Crippen LogP) is 6.14. The van der Waals surface area contributed by atoms with E-state index in [1.807, 2.05) is 6.07 Å². The summed E-state index contributed by atoms with van der Waals surface area (Å²) in [6, 6.07) is 17.9. The van der Waals surface area contributed by atoms with Crippen molar-refractivity contribution in [2.45, 2.75) is 6.61 Å². The first-order valence-corrected chi connectivity index (χ1v) is 10.9. The molecule has 3 aromatic rings. The minimum absolute atomic E-state index is 0.0382. The third-order valence-corrected chi connectivity index (χ3v) is 5.42. The molecule has 0 heterocycles. The van der Waals surface area contributed by atoms with Gasteiger partial charge < -0.3 is 14.8 Å². The van der Waals surface area contributed by atoms with Crippen molar-refractivity contribution in [2.24, 2.45) is 0 Å². The van der Waals surface area contributed by atoms with E-state index >= 15 is 0 Å². The number of carbonyl (C=O) groups excluding carboxylic acids is 1. The van der Waals surface area contributed by atoms with E-state index in [4.69, 9.17) is 21.1 Å². The molecular formula is C24H17BrClN3O5. The predicted molar refractivity (Wildman–Crippen MR) is 132 cm³/mol. The van der Waals surface area contributed by atoms with Gasteiger partial charge in [-0.2, -0.15) is 5.26 Å². The third kappa shape index (κ3) is 6.34. The lowest BCUT2D eigenvalue weighted by Gasteiger charge is -2.11. The van der Waals surface area contributed by atoms with Gasteiger partial charge in [-0.25, -0.2) is 0 Å². The summed E-state index contributed by atoms with van der Waals surface area (Å²) in [5.41, 5.74) is 1.45. The zero-order valence-electron chi connectivity index (χ0n) is 17.7. The quantitative estimate of drug-likeness (QED) is 0.158. The van der Waals surface area contributed by atoms with Crippen LogP contribution in [0.2, 0.25) is 5.02 Å². The summed E-state index contributed by atoms with van der Waals surface area (Å²) in [5.74, 6) is 0.388. The van der Waals surface area contributed by atoms with Crippen LogP contribution in [0.25, 0.3) is 6.08 Å². The Morgan fingerprint density at radius 1 is 1.24 bits per heavy atom. The van der Waals surface area contributed by atoms with Crippen LogP contribution in [0.1, 0.15) is 11.1 Å². The van der Waals surface area contributed by atoms with E-state index in [0.717, 1.165) is 0 Å². The van der Waals surface area contributed by atoms with Crippen LogP contribution >= 0.6 is 27.5 Å². The third-order valence-electron chi connectivity index (χ3n) is 4.55. The standard InChI is InChI=1S/C24H17BrClN3O5/c1-33-20-7-5-18(6-8-20)28-24(30)17(13-27)9-16-11-21(25)23(22(26)12-16)34-14-15-3-2-4-19(10-15)29(31)32/h2-12H,14H2,1H3,(H,28,30)/b17-9-. The lowest BCUT2D eigenvalue weighted by Crippen LogP contribution is -2.13. The van der Waals surface area contributed by atoms with E-state index in [9.17, 15) is 20.2 Å². The molecule has 0 unspecified atom stereocenters. The minimum atomic E-state index is -0.578. The average Bonchev–Trinajstić information content (AvgIpc) is 2.82. The van der Waals surface area contributed by atoms with E-state index in [0.29, 0.717) is 32.8 Å². The average molecular weight is 543 g/mol. The summed E-state index contributed by atoms with van der Waals surface area (Å²) < 4.78 is 11.3. The van der Waals surface area contributed by atoms with Crippen LogP contribution in [0.5, 0.6) is 11.5 Å². The van der Waals surface area contributed by atoms with Gasteiger partial charge in [0.25, 0.3) is 11.6 Å². The zero-order chi connectivity index (χ0) is 24.7. The van der Waals surface area contributed by atoms with Gasteiger partial charge in [0.1, 0.15) is 24.0 Å². The summed E-state index contributed by atoms with van der Waals surface area (Å²) in [4.78, 5) is 23.0. The Morgan fingerprint density at radius 3 is 2.59 bits per heavy atom. The van der Waals surface area contributed by atoms with Crippen molar-refractivity contribution in [3.63, 3.8) is 0 Å². The molecule has 1 N–H and O–H groups in total. The van der Waals surface area contributed by atoms with Crippen molar-refractivity contribution in [1.82, 2.24) is 0 Å². The molecule has 0 atom stereocenters. The van der Waals surface area contributed by atoms with E-state index in [-0.39, 0.29) is 22.9 Å². The first kappa shape index (κ1) is 24.8. The molecule has 172 valence electrons. The molecule has 0 saturated heterocycles. The number of benzene rings is 3. The van der Waals surface area contributed by atoms with Gasteiger partial charge in [0, 0.05) is 17.8 Å². The number of amides is 1. The van der Waals surface area contributed by atoms with Crippen LogP contribution in [0, 0.1) is 21.4 Å². The zero-order valence-corrected chi connectivity index (χ0v) is 20.1. The number of rotatable bonds is 8. The second kappa shape index (κ2) is 11.3. The van der Waals surface area contributed by atoms with Crippen LogP contribution < -0.4 is 14.8 Å². The molecule has 3 aromatic carbocycles. The van der Waals surface area contributed by atoms with Gasteiger partial charge in [0.15, 0.2) is 5.75 Å². The molecule has 0 radical (unpaired) electrons. The number of non-ortho nitro benzene ring substituents is 1. The normalized spacial score (nSPS) is 10.8. The SMILES string of the molecule is COc1ccc(NC(=O)/C(C#N)=C\c2cc(Cl)c(OCc3cccc([N+](=O)[O-])c3)c(Br)c2)cc1. The number of hydrogen-bond donors (Lipinski definition) is 1. The molecular weight excluding hydrogens is 526 g/mol. The second-order valence-corrected chi connectivity index (χ2v) is 8.14. The summed E-state index contributed by atoms with van der Waals surface area (Å²) in [7, 11) is 1.54. The van der Waals surface area contributed by atoms with Crippen LogP contribution in [-0.2, 0) is 11.4 Å². The van der Waals surface area contributed by atoms with Crippen molar-refractivity contribution >= 4 is 50.9 Å². The highest BCUT2D eigenvalue weighted by molar-refractivity contribution is 9.10. The molecule has 3 rings (SSSR count). The Bertz CT molecular complexity index is 1280. The Balaban J connectivity index is 1.75. The van der Waals surface area contributed by atoms with Crippen molar-refractivity contribution in [2.75, 3.05) is 12.4 Å². The monoisotopic (exact) mass is 541 g/mol. The van der Waals surface area contributed by atoms with Crippen LogP contribution in [0.15, 0.2) is 70.7 Å². The molecule has 0 saturated carbocycles. The Hall–Kier alpha value is -3.87. The molecule has 0 aliphatic heterocycles. The summed E-state index contributed by atoms with van der Waals surface area (Å²) in [6.07, 6.45) is 1.40. The molecule has 0 fully saturated rings. The number of methoxy groups -OCH3 is 1.